The normalized spacial score (nSPS) is 22.2. The molecule has 1 N–H and O–H groups in total. The molecule has 0 aliphatic carbocycles. The minimum Gasteiger partial charge on any atom is -0.378 e. The third-order valence-corrected chi connectivity index (χ3v) is 17.9. The van der Waals surface area contributed by atoms with Gasteiger partial charge in [0.05, 0.1) is 68.5 Å². The van der Waals surface area contributed by atoms with Crippen LogP contribution < -0.4 is 43.7 Å². The zero-order chi connectivity index (χ0) is 75.6. The number of anilines is 2. The lowest BCUT2D eigenvalue weighted by molar-refractivity contribution is -0.0684. The van der Waals surface area contributed by atoms with Crippen molar-refractivity contribution < 1.29 is 37.9 Å². The largest absolute Gasteiger partial charge is 0.378 e. The zero-order valence-corrected chi connectivity index (χ0v) is 65.4. The third-order valence-electron chi connectivity index (χ3n) is 15.7. The minimum absolute atomic E-state index is 0.0159. The predicted octanol–water partition coefficient (Wildman–Crippen LogP) is 11.2. The molecule has 566 valence electrons. The molecule has 0 aromatic carbocycles. The van der Waals surface area contributed by atoms with E-state index in [4.69, 9.17) is 49.0 Å². The minimum atomic E-state index is -0.604. The molecule has 4 aliphatic rings. The molecule has 0 saturated carbocycles. The summed E-state index contributed by atoms with van der Waals surface area (Å²) in [6.07, 6.45) is 4.66. The topological polar surface area (TPSA) is 346 Å². The zero-order valence-electron chi connectivity index (χ0n) is 63.7. The lowest BCUT2D eigenvalue weighted by Crippen LogP contribution is -2.54. The van der Waals surface area contributed by atoms with Crippen molar-refractivity contribution in [1.82, 2.24) is 37.8 Å². The number of aromatic nitrogens is 8. The molecule has 0 radical (unpaired) electrons. The summed E-state index contributed by atoms with van der Waals surface area (Å²) >= 11 is 3.36. The average molecular weight is 1460 g/mol. The van der Waals surface area contributed by atoms with Gasteiger partial charge in [0.15, 0.2) is 0 Å². The van der Waals surface area contributed by atoms with E-state index in [1.165, 1.54) is 26.1 Å². The quantitative estimate of drug-likeness (QED) is 0.0366. The smallest absolute Gasteiger partial charge is 0.351 e. The van der Waals surface area contributed by atoms with Gasteiger partial charge in [0, 0.05) is 107 Å². The van der Waals surface area contributed by atoms with E-state index < -0.39 is 53.7 Å². The lowest BCUT2D eigenvalue weighted by atomic mass is 9.96. The SMILES string of the molecule is CC(C)(C)OC[C@H]1O[C@@H](n2ccc(N(C(C)(C)C)C(C)(C)C)nc2=O)CS1.CC(C)COC[C@H]1O[C@@H](n2ccc(N(CC(C)C)CC(C)C)nc2=O)CS1.Cc1cn([C@H]2CC(N=[N+]=[N-])[C@@H](COC(C)C)O2)c(=O)[nH]c1=O.Cc1cn([C@H]2CC(N=[N+]=[N-])[C@@H](COC(C)C)O2)c(=O)n(C(C)C)c1=O. The van der Waals surface area contributed by atoms with Gasteiger partial charge in [-0.1, -0.05) is 51.8 Å². The third kappa shape index (κ3) is 26.1. The Hall–Kier alpha value is -6.28. The first-order chi connectivity index (χ1) is 47.1. The van der Waals surface area contributed by atoms with E-state index in [1.54, 1.807) is 66.5 Å². The van der Waals surface area contributed by atoms with Crippen LogP contribution in [0.4, 0.5) is 11.6 Å². The predicted molar refractivity (Wildman–Crippen MR) is 396 cm³/mol. The van der Waals surface area contributed by atoms with E-state index in [-0.39, 0.29) is 88.4 Å². The average Bonchev–Trinajstić information content (AvgIpc) is 1.68. The maximum Gasteiger partial charge on any atom is 0.351 e. The summed E-state index contributed by atoms with van der Waals surface area (Å²) in [6, 6.07) is 2.72. The summed E-state index contributed by atoms with van der Waals surface area (Å²) in [4.78, 5) is 94.6. The van der Waals surface area contributed by atoms with Gasteiger partial charge in [-0.15, -0.1) is 23.5 Å². The second-order valence-electron chi connectivity index (χ2n) is 30.7. The van der Waals surface area contributed by atoms with E-state index in [1.807, 2.05) is 66.8 Å². The highest BCUT2D eigenvalue weighted by Gasteiger charge is 2.40. The highest BCUT2D eigenvalue weighted by molar-refractivity contribution is 8.00. The number of hydrogen-bond acceptors (Lipinski definition) is 22. The lowest BCUT2D eigenvalue weighted by Gasteiger charge is -2.46. The molecular formula is C69H114N16O14S2. The summed E-state index contributed by atoms with van der Waals surface area (Å²) in [5.74, 6) is 4.41. The molecule has 10 atom stereocenters. The summed E-state index contributed by atoms with van der Waals surface area (Å²) < 4.78 is 53.4. The Morgan fingerprint density at radius 2 is 1.06 bits per heavy atom. The van der Waals surface area contributed by atoms with Crippen molar-refractivity contribution in [2.45, 2.75) is 267 Å². The molecule has 32 heteroatoms. The monoisotopic (exact) mass is 1450 g/mol. The fraction of sp³-hybridized carbons (Fsp3) is 0.768. The summed E-state index contributed by atoms with van der Waals surface area (Å²) in [5.41, 5.74) is 15.5. The number of hydrogen-bond donors (Lipinski definition) is 1. The molecule has 4 fully saturated rings. The van der Waals surface area contributed by atoms with Gasteiger partial charge in [0.1, 0.15) is 47.4 Å². The van der Waals surface area contributed by atoms with Crippen molar-refractivity contribution in [3.05, 3.63) is 132 Å². The molecule has 0 spiro atoms. The van der Waals surface area contributed by atoms with Crippen LogP contribution in [0.1, 0.15) is 200 Å². The van der Waals surface area contributed by atoms with E-state index in [2.05, 4.69) is 128 Å². The van der Waals surface area contributed by atoms with Crippen LogP contribution in [0.25, 0.3) is 20.9 Å². The standard InChI is InChI=1S/2C20H35N3O3S.C16H25N5O4.C13H19N5O4/c1-18(2,3)23(19(4,5)6)14-10-11-22(17(24)21-14)15-13-27-16(26-15)12-25-20(7,8)9;1-14(2)9-22(10-15(3)4)17-7-8-23(20(24)21-17)18-13-27-19(26-18)12-25-11-16(5)6;1-9(2)21-15(22)11(5)7-20(16(21)23)14-6-12(18-19-17)13(25-14)8-24-10(3)4;1-7(2)21-6-10-9(16-17-14)4-11(22-10)18-5-8(3)12(19)15-13(18)20/h10-11,15-16H,12-13H2,1-9H3;7-8,14-16,18-19H,9-13H2,1-6H3;7,9-10,12-14H,6,8H2,1-5H3;5,7,9-11H,4,6H2,1-3H3,(H,15,19,20)/t15-,16+;18-,19+;12?,13-,14-;9?,10-,11-/m1111/s1. The number of nitrogens with one attached hydrogen (secondary N) is 1. The van der Waals surface area contributed by atoms with Crippen molar-refractivity contribution >= 4 is 35.2 Å². The Morgan fingerprint density at radius 1 is 0.604 bits per heavy atom. The number of aromatic amines is 1. The second kappa shape index (κ2) is 38.5. The van der Waals surface area contributed by atoms with Crippen LogP contribution in [0, 0.1) is 31.6 Å². The van der Waals surface area contributed by atoms with Gasteiger partial charge >= 0.3 is 22.8 Å². The Labute approximate surface area is 602 Å². The van der Waals surface area contributed by atoms with Gasteiger partial charge in [-0.25, -0.2) is 19.2 Å². The van der Waals surface area contributed by atoms with Crippen LogP contribution in [-0.2, 0) is 37.9 Å². The number of azide groups is 2. The van der Waals surface area contributed by atoms with Crippen LogP contribution in [0.3, 0.4) is 0 Å². The van der Waals surface area contributed by atoms with E-state index >= 15 is 0 Å². The van der Waals surface area contributed by atoms with E-state index in [0.717, 1.165) is 31.3 Å². The summed E-state index contributed by atoms with van der Waals surface area (Å²) in [6.45, 7) is 50.3. The number of ether oxygens (including phenoxy) is 8. The highest BCUT2D eigenvalue weighted by atomic mass is 32.2. The maximum absolute atomic E-state index is 12.7. The number of thioether (sulfide) groups is 2. The van der Waals surface area contributed by atoms with Crippen molar-refractivity contribution in [1.29, 1.82) is 0 Å². The first kappa shape index (κ1) is 85.4. The summed E-state index contributed by atoms with van der Waals surface area (Å²) in [5, 5.41) is 7.49. The van der Waals surface area contributed by atoms with Gasteiger partial charge in [-0.2, -0.15) is 9.97 Å². The Balaban J connectivity index is 0.000000243. The van der Waals surface area contributed by atoms with Gasteiger partial charge in [0.25, 0.3) is 11.1 Å². The van der Waals surface area contributed by atoms with E-state index in [0.29, 0.717) is 66.5 Å². The number of rotatable bonds is 25. The van der Waals surface area contributed by atoms with Crippen molar-refractivity contribution in [2.24, 2.45) is 28.0 Å². The first-order valence-electron chi connectivity index (χ1n) is 34.9. The van der Waals surface area contributed by atoms with Crippen LogP contribution in [0.15, 0.2) is 75.9 Å². The van der Waals surface area contributed by atoms with Crippen molar-refractivity contribution in [2.75, 3.05) is 67.4 Å². The Kier molecular flexibility index (Phi) is 32.5. The van der Waals surface area contributed by atoms with Gasteiger partial charge in [-0.05, 0) is 159 Å². The molecule has 0 amide bonds. The van der Waals surface area contributed by atoms with Gasteiger partial charge in [-0.3, -0.25) is 37.4 Å². The molecule has 101 heavy (non-hydrogen) atoms. The fourth-order valence-corrected chi connectivity index (χ4v) is 13.7. The summed E-state index contributed by atoms with van der Waals surface area (Å²) in [7, 11) is 0. The molecule has 2 unspecified atom stereocenters. The van der Waals surface area contributed by atoms with Crippen LogP contribution in [0.2, 0.25) is 0 Å². The molecule has 8 heterocycles. The molecule has 8 rings (SSSR count). The van der Waals surface area contributed by atoms with Crippen molar-refractivity contribution in [3.63, 3.8) is 0 Å². The molecule has 4 saturated heterocycles. The van der Waals surface area contributed by atoms with Gasteiger partial charge < -0.3 is 47.7 Å². The molecule has 4 aromatic rings. The number of nitrogens with zero attached hydrogens (tertiary/aromatic N) is 15. The number of H-pyrrole nitrogens is 1. The van der Waals surface area contributed by atoms with Crippen LogP contribution >= 0.6 is 23.5 Å². The molecule has 0 bridgehead atoms. The molecule has 4 aliphatic heterocycles. The van der Waals surface area contributed by atoms with Crippen molar-refractivity contribution in [3.8, 4) is 0 Å². The second-order valence-corrected chi connectivity index (χ2v) is 33.1. The van der Waals surface area contributed by atoms with E-state index in [9.17, 15) is 28.8 Å². The Morgan fingerprint density at radius 3 is 1.49 bits per heavy atom. The Bertz CT molecular complexity index is 3740. The number of aryl methyl sites for hydroxylation is 2. The van der Waals surface area contributed by atoms with Crippen LogP contribution in [-0.4, -0.2) is 159 Å². The molecular weight excluding hydrogens is 1340 g/mol. The van der Waals surface area contributed by atoms with Gasteiger partial charge in [0.2, 0.25) is 0 Å². The maximum atomic E-state index is 12.7. The first-order valence-corrected chi connectivity index (χ1v) is 37.0. The van der Waals surface area contributed by atoms with Crippen LogP contribution in [0.5, 0.6) is 0 Å². The fourth-order valence-electron chi connectivity index (χ4n) is 11.7. The molecule has 4 aromatic heterocycles. The highest BCUT2D eigenvalue weighted by Crippen LogP contribution is 2.36. The molecule has 30 nitrogen and oxygen atoms in total.